The van der Waals surface area contributed by atoms with Crippen molar-refractivity contribution in [1.82, 2.24) is 4.90 Å². The molecule has 0 unspecified atom stereocenters. The molecule has 9 nitrogen and oxygen atoms in total. The van der Waals surface area contributed by atoms with Gasteiger partial charge in [-0.25, -0.2) is 4.79 Å². The number of amides is 1. The molecule has 1 aromatic carbocycles. The minimum atomic E-state index is -1.27. The largest absolute Gasteiger partial charge is 0.487 e. The smallest absolute Gasteiger partial charge is 0.409 e. The molecule has 0 aromatic heterocycles. The fraction of sp³-hybridized carbons (Fsp3) is 0.682. The molecule has 1 amide bonds. The van der Waals surface area contributed by atoms with Crippen LogP contribution in [0.25, 0.3) is 0 Å². The standard InChI is InChI=1S/C22H34N2O7Si/c1-22(2)11-15-9-18(24(26)27)17(10-19(15)31-22)16-13-29-20(30-14-16)12-23(3)21(25)28-7-8-32(4,5)6/h9-10,16,20H,7-8,11-14H2,1-6H3/t16-,20+. The Bertz CT molecular complexity index is 861. The SMILES string of the molecule is CN(C[C@H]1OC[C@@H](c2cc3c(cc2[N+](=O)[O-])CC(C)(C)O3)CO1)C(=O)OCC[Si](C)(C)C. The van der Waals surface area contributed by atoms with Crippen molar-refractivity contribution < 1.29 is 28.7 Å². The average Bonchev–Trinajstić information content (AvgIpc) is 2.99. The number of carbonyl (C=O) groups is 1. The van der Waals surface area contributed by atoms with Gasteiger partial charge in [0.15, 0.2) is 6.29 Å². The fourth-order valence-electron chi connectivity index (χ4n) is 3.82. The van der Waals surface area contributed by atoms with E-state index in [1.165, 1.54) is 4.90 Å². The summed E-state index contributed by atoms with van der Waals surface area (Å²) in [5.74, 6) is 0.386. The lowest BCUT2D eigenvalue weighted by molar-refractivity contribution is -0.386. The summed E-state index contributed by atoms with van der Waals surface area (Å²) in [5.41, 5.74) is 1.07. The Balaban J connectivity index is 1.57. The quantitative estimate of drug-likeness (QED) is 0.338. The van der Waals surface area contributed by atoms with Crippen LogP contribution in [0.2, 0.25) is 25.7 Å². The van der Waals surface area contributed by atoms with Crippen LogP contribution in [-0.4, -0.2) is 69.3 Å². The van der Waals surface area contributed by atoms with Gasteiger partial charge in [-0.15, -0.1) is 0 Å². The first kappa shape index (κ1) is 24.5. The molecule has 2 aliphatic rings. The molecule has 0 radical (unpaired) electrons. The molecule has 1 fully saturated rings. The molecule has 0 N–H and O–H groups in total. The summed E-state index contributed by atoms with van der Waals surface area (Å²) in [5, 5.41) is 11.7. The van der Waals surface area contributed by atoms with Crippen LogP contribution in [0.5, 0.6) is 5.75 Å². The lowest BCUT2D eigenvalue weighted by Crippen LogP contribution is -2.41. The lowest BCUT2D eigenvalue weighted by Gasteiger charge is -2.31. The summed E-state index contributed by atoms with van der Waals surface area (Å²) in [6.45, 7) is 11.7. The first-order valence-electron chi connectivity index (χ1n) is 11.0. The molecule has 0 aliphatic carbocycles. The van der Waals surface area contributed by atoms with Gasteiger partial charge in [-0.3, -0.25) is 10.1 Å². The van der Waals surface area contributed by atoms with Crippen molar-refractivity contribution in [3.63, 3.8) is 0 Å². The number of nitrogens with zero attached hydrogens (tertiary/aromatic N) is 2. The second-order valence-electron chi connectivity index (χ2n) is 10.4. The summed E-state index contributed by atoms with van der Waals surface area (Å²) in [6.07, 6.45) is -0.389. The van der Waals surface area contributed by atoms with Crippen LogP contribution < -0.4 is 4.74 Å². The Hall–Kier alpha value is -2.17. The number of nitro benzene ring substituents is 1. The predicted molar refractivity (Wildman–Crippen MR) is 122 cm³/mol. The van der Waals surface area contributed by atoms with Crippen molar-refractivity contribution in [1.29, 1.82) is 0 Å². The third-order valence-corrected chi connectivity index (χ3v) is 7.33. The molecule has 10 heteroatoms. The van der Waals surface area contributed by atoms with Gasteiger partial charge >= 0.3 is 6.09 Å². The normalized spacial score (nSPS) is 22.1. The highest BCUT2D eigenvalue weighted by molar-refractivity contribution is 6.76. The fourth-order valence-corrected chi connectivity index (χ4v) is 4.53. The van der Waals surface area contributed by atoms with Crippen LogP contribution in [-0.2, 0) is 20.6 Å². The van der Waals surface area contributed by atoms with Crippen molar-refractivity contribution in [2.75, 3.05) is 33.4 Å². The molecule has 0 bridgehead atoms. The number of nitro groups is 1. The number of benzene rings is 1. The third kappa shape index (κ3) is 6.20. The van der Waals surface area contributed by atoms with E-state index in [1.54, 1.807) is 19.2 Å². The van der Waals surface area contributed by atoms with Crippen LogP contribution in [0.4, 0.5) is 10.5 Å². The van der Waals surface area contributed by atoms with E-state index in [0.717, 1.165) is 11.6 Å². The van der Waals surface area contributed by atoms with Crippen LogP contribution in [0.1, 0.15) is 30.9 Å². The van der Waals surface area contributed by atoms with Crippen LogP contribution in [0, 0.1) is 10.1 Å². The van der Waals surface area contributed by atoms with E-state index in [0.29, 0.717) is 24.3 Å². The number of fused-ring (bicyclic) bond motifs is 1. The first-order chi connectivity index (χ1) is 14.8. The van der Waals surface area contributed by atoms with E-state index < -0.39 is 20.5 Å². The molecule has 2 aliphatic heterocycles. The predicted octanol–water partition coefficient (Wildman–Crippen LogP) is 4.17. The van der Waals surface area contributed by atoms with Crippen LogP contribution in [0.3, 0.4) is 0 Å². The minimum absolute atomic E-state index is 0.0591. The Kier molecular flexibility index (Phi) is 7.16. The summed E-state index contributed by atoms with van der Waals surface area (Å²) in [7, 11) is 0.368. The molecule has 32 heavy (non-hydrogen) atoms. The van der Waals surface area contributed by atoms with E-state index in [2.05, 4.69) is 19.6 Å². The summed E-state index contributed by atoms with van der Waals surface area (Å²) in [4.78, 5) is 24.9. The molecule has 2 heterocycles. The van der Waals surface area contributed by atoms with Gasteiger partial charge in [-0.05, 0) is 26.0 Å². The summed E-state index contributed by atoms with van der Waals surface area (Å²) >= 11 is 0. The zero-order valence-electron chi connectivity index (χ0n) is 19.8. The van der Waals surface area contributed by atoms with Gasteiger partial charge in [0, 0.05) is 44.7 Å². The van der Waals surface area contributed by atoms with Gasteiger partial charge in [0.1, 0.15) is 11.4 Å². The molecule has 1 aromatic rings. The van der Waals surface area contributed by atoms with E-state index in [9.17, 15) is 14.9 Å². The van der Waals surface area contributed by atoms with Gasteiger partial charge in [-0.2, -0.15) is 0 Å². The Morgan fingerprint density at radius 2 is 1.94 bits per heavy atom. The van der Waals surface area contributed by atoms with Crippen molar-refractivity contribution >= 4 is 19.9 Å². The zero-order valence-corrected chi connectivity index (χ0v) is 20.8. The highest BCUT2D eigenvalue weighted by Crippen LogP contribution is 2.41. The third-order valence-electron chi connectivity index (χ3n) is 5.63. The van der Waals surface area contributed by atoms with Gasteiger partial charge in [0.2, 0.25) is 0 Å². The van der Waals surface area contributed by atoms with E-state index in [-0.39, 0.29) is 41.9 Å². The topological polar surface area (TPSA) is 100 Å². The molecule has 3 rings (SSSR count). The van der Waals surface area contributed by atoms with Crippen LogP contribution in [0.15, 0.2) is 12.1 Å². The summed E-state index contributed by atoms with van der Waals surface area (Å²) in [6, 6.07) is 4.27. The zero-order chi connectivity index (χ0) is 23.7. The number of hydrogen-bond donors (Lipinski definition) is 0. The molecular formula is C22H34N2O7Si. The molecular weight excluding hydrogens is 432 g/mol. The second kappa shape index (κ2) is 9.36. The van der Waals surface area contributed by atoms with Gasteiger partial charge in [-0.1, -0.05) is 19.6 Å². The van der Waals surface area contributed by atoms with Crippen molar-refractivity contribution in [3.8, 4) is 5.75 Å². The number of carbonyl (C=O) groups excluding carboxylic acids is 1. The maximum absolute atomic E-state index is 12.2. The Morgan fingerprint density at radius 3 is 2.53 bits per heavy atom. The number of ether oxygens (including phenoxy) is 4. The molecule has 0 saturated carbocycles. The molecule has 0 atom stereocenters. The number of rotatable bonds is 7. The van der Waals surface area contributed by atoms with E-state index in [1.807, 2.05) is 13.8 Å². The maximum Gasteiger partial charge on any atom is 0.409 e. The van der Waals surface area contributed by atoms with Crippen molar-refractivity contribution in [3.05, 3.63) is 33.4 Å². The first-order valence-corrected chi connectivity index (χ1v) is 14.7. The number of hydrogen-bond acceptors (Lipinski definition) is 7. The maximum atomic E-state index is 12.2. The lowest BCUT2D eigenvalue weighted by atomic mass is 9.94. The molecule has 1 saturated heterocycles. The Labute approximate surface area is 190 Å². The molecule has 178 valence electrons. The second-order valence-corrected chi connectivity index (χ2v) is 16.0. The van der Waals surface area contributed by atoms with E-state index >= 15 is 0 Å². The Morgan fingerprint density at radius 1 is 1.28 bits per heavy atom. The number of likely N-dealkylation sites (N-methyl/N-ethyl adjacent to an activating group) is 1. The van der Waals surface area contributed by atoms with Crippen molar-refractivity contribution in [2.24, 2.45) is 0 Å². The monoisotopic (exact) mass is 466 g/mol. The van der Waals surface area contributed by atoms with Crippen LogP contribution >= 0.6 is 0 Å². The van der Waals surface area contributed by atoms with E-state index in [4.69, 9.17) is 18.9 Å². The minimum Gasteiger partial charge on any atom is -0.487 e. The van der Waals surface area contributed by atoms with Gasteiger partial charge in [0.25, 0.3) is 5.69 Å². The van der Waals surface area contributed by atoms with Crippen molar-refractivity contribution in [2.45, 2.75) is 63.8 Å². The average molecular weight is 467 g/mol. The molecule has 0 spiro atoms. The van der Waals surface area contributed by atoms with Gasteiger partial charge < -0.3 is 23.8 Å². The highest BCUT2D eigenvalue weighted by Gasteiger charge is 2.36. The highest BCUT2D eigenvalue weighted by atomic mass is 28.3. The summed E-state index contributed by atoms with van der Waals surface area (Å²) < 4.78 is 22.9. The van der Waals surface area contributed by atoms with Gasteiger partial charge in [0.05, 0.1) is 31.3 Å².